The first-order valence-electron chi connectivity index (χ1n) is 9.34. The highest BCUT2D eigenvalue weighted by atomic mass is 35.5. The molecule has 0 aliphatic carbocycles. The smallest absolute Gasteiger partial charge is 0.180 e. The van der Waals surface area contributed by atoms with Crippen LogP contribution in [-0.4, -0.2) is 18.8 Å². The standard InChI is InChI=1S/C23H22Cl2FNO3/c1-29-22-10-15(12-27-13-21(28)16-5-3-2-4-6-16)9-20(25)23(22)30-14-17-7-8-18(26)11-19(17)24/h2-11,21,27-28H,12-14H2,1H3/t21-/m1/s1. The summed E-state index contributed by atoms with van der Waals surface area (Å²) in [6, 6.07) is 17.2. The van der Waals surface area contributed by atoms with Gasteiger partial charge in [0, 0.05) is 18.7 Å². The summed E-state index contributed by atoms with van der Waals surface area (Å²) in [6.07, 6.45) is -0.605. The number of ether oxygens (including phenoxy) is 2. The molecule has 1 atom stereocenters. The van der Waals surface area contributed by atoms with Gasteiger partial charge >= 0.3 is 0 Å². The molecule has 0 unspecified atom stereocenters. The van der Waals surface area contributed by atoms with Gasteiger partial charge in [0.25, 0.3) is 0 Å². The first-order chi connectivity index (χ1) is 14.5. The molecule has 0 amide bonds. The van der Waals surface area contributed by atoms with Crippen molar-refractivity contribution in [2.24, 2.45) is 0 Å². The lowest BCUT2D eigenvalue weighted by molar-refractivity contribution is 0.174. The van der Waals surface area contributed by atoms with Gasteiger partial charge in [-0.3, -0.25) is 0 Å². The van der Waals surface area contributed by atoms with Crippen LogP contribution in [0.5, 0.6) is 11.5 Å². The number of benzene rings is 3. The maximum atomic E-state index is 13.2. The third kappa shape index (κ3) is 5.86. The molecule has 0 aromatic heterocycles. The second-order valence-electron chi connectivity index (χ2n) is 6.69. The van der Waals surface area contributed by atoms with Gasteiger partial charge in [0.1, 0.15) is 12.4 Å². The second kappa shape index (κ2) is 10.6. The summed E-state index contributed by atoms with van der Waals surface area (Å²) in [5.41, 5.74) is 2.37. The van der Waals surface area contributed by atoms with E-state index in [9.17, 15) is 9.50 Å². The van der Waals surface area contributed by atoms with E-state index in [0.29, 0.717) is 35.2 Å². The zero-order valence-corrected chi connectivity index (χ0v) is 17.9. The SMILES string of the molecule is COc1cc(CNC[C@@H](O)c2ccccc2)cc(Cl)c1OCc1ccc(F)cc1Cl. The van der Waals surface area contributed by atoms with Gasteiger partial charge in [-0.15, -0.1) is 0 Å². The van der Waals surface area contributed by atoms with E-state index in [1.807, 2.05) is 36.4 Å². The molecular formula is C23H22Cl2FNO3. The summed E-state index contributed by atoms with van der Waals surface area (Å²) in [7, 11) is 1.53. The molecule has 0 spiro atoms. The molecule has 30 heavy (non-hydrogen) atoms. The van der Waals surface area contributed by atoms with Crippen molar-refractivity contribution in [3.8, 4) is 11.5 Å². The number of halogens is 3. The van der Waals surface area contributed by atoms with Crippen LogP contribution >= 0.6 is 23.2 Å². The van der Waals surface area contributed by atoms with Gasteiger partial charge < -0.3 is 19.9 Å². The number of methoxy groups -OCH3 is 1. The predicted octanol–water partition coefficient (Wildman–Crippen LogP) is 5.54. The molecule has 0 heterocycles. The largest absolute Gasteiger partial charge is 0.493 e. The molecule has 0 bridgehead atoms. The average Bonchev–Trinajstić information content (AvgIpc) is 2.74. The number of aliphatic hydroxyl groups excluding tert-OH is 1. The van der Waals surface area contributed by atoms with Gasteiger partial charge in [0.15, 0.2) is 11.5 Å². The molecule has 0 saturated heterocycles. The van der Waals surface area contributed by atoms with Crippen molar-refractivity contribution in [3.63, 3.8) is 0 Å². The Bertz CT molecular complexity index is 986. The summed E-state index contributed by atoms with van der Waals surface area (Å²) in [4.78, 5) is 0. The lowest BCUT2D eigenvalue weighted by Gasteiger charge is -2.16. The van der Waals surface area contributed by atoms with Crippen LogP contribution < -0.4 is 14.8 Å². The highest BCUT2D eigenvalue weighted by Crippen LogP contribution is 2.37. The first kappa shape index (κ1) is 22.4. The van der Waals surface area contributed by atoms with E-state index in [-0.39, 0.29) is 11.6 Å². The van der Waals surface area contributed by atoms with E-state index >= 15 is 0 Å². The Morgan fingerprint density at radius 1 is 1.03 bits per heavy atom. The lowest BCUT2D eigenvalue weighted by Crippen LogP contribution is -2.21. The Morgan fingerprint density at radius 2 is 1.80 bits per heavy atom. The highest BCUT2D eigenvalue weighted by molar-refractivity contribution is 6.32. The minimum atomic E-state index is -0.605. The van der Waals surface area contributed by atoms with Crippen molar-refractivity contribution >= 4 is 23.2 Å². The van der Waals surface area contributed by atoms with Crippen LogP contribution in [0.3, 0.4) is 0 Å². The molecule has 0 saturated carbocycles. The van der Waals surface area contributed by atoms with Crippen LogP contribution in [0, 0.1) is 5.82 Å². The Morgan fingerprint density at radius 3 is 2.50 bits per heavy atom. The van der Waals surface area contributed by atoms with E-state index in [0.717, 1.165) is 11.1 Å². The van der Waals surface area contributed by atoms with Crippen molar-refractivity contribution in [2.75, 3.05) is 13.7 Å². The zero-order valence-electron chi connectivity index (χ0n) is 16.4. The molecule has 0 aliphatic rings. The molecule has 0 aliphatic heterocycles. The maximum absolute atomic E-state index is 13.2. The monoisotopic (exact) mass is 449 g/mol. The molecule has 3 rings (SSSR count). The Kier molecular flexibility index (Phi) is 7.94. The molecule has 158 valence electrons. The lowest BCUT2D eigenvalue weighted by atomic mass is 10.1. The summed E-state index contributed by atoms with van der Waals surface area (Å²) in [5, 5.41) is 14.1. The molecule has 0 radical (unpaired) electrons. The Balaban J connectivity index is 1.63. The number of nitrogens with one attached hydrogen (secondary N) is 1. The van der Waals surface area contributed by atoms with Gasteiger partial charge in [-0.2, -0.15) is 0 Å². The predicted molar refractivity (Wildman–Crippen MR) is 117 cm³/mol. The Hall–Kier alpha value is -2.31. The second-order valence-corrected chi connectivity index (χ2v) is 7.51. The molecule has 7 heteroatoms. The molecule has 0 fully saturated rings. The molecule has 3 aromatic carbocycles. The fourth-order valence-corrected chi connectivity index (χ4v) is 3.46. The summed E-state index contributed by atoms with van der Waals surface area (Å²) >= 11 is 12.5. The average molecular weight is 450 g/mol. The van der Waals surface area contributed by atoms with E-state index in [2.05, 4.69) is 5.32 Å². The molecule has 4 nitrogen and oxygen atoms in total. The van der Waals surface area contributed by atoms with Crippen LogP contribution in [-0.2, 0) is 13.2 Å². The molecular weight excluding hydrogens is 428 g/mol. The maximum Gasteiger partial charge on any atom is 0.180 e. The van der Waals surface area contributed by atoms with Crippen molar-refractivity contribution in [2.45, 2.75) is 19.3 Å². The Labute approximate surface area is 185 Å². The van der Waals surface area contributed by atoms with E-state index in [1.165, 1.54) is 19.2 Å². The van der Waals surface area contributed by atoms with Gasteiger partial charge in [-0.1, -0.05) is 59.6 Å². The van der Waals surface area contributed by atoms with E-state index < -0.39 is 11.9 Å². The van der Waals surface area contributed by atoms with Crippen molar-refractivity contribution in [1.29, 1.82) is 0 Å². The number of hydrogen-bond donors (Lipinski definition) is 2. The van der Waals surface area contributed by atoms with Crippen LogP contribution in [0.1, 0.15) is 22.8 Å². The number of aliphatic hydroxyl groups is 1. The third-order valence-electron chi connectivity index (χ3n) is 4.53. The summed E-state index contributed by atoms with van der Waals surface area (Å²) < 4.78 is 24.4. The van der Waals surface area contributed by atoms with Gasteiger partial charge in [-0.05, 0) is 35.4 Å². The van der Waals surface area contributed by atoms with Crippen molar-refractivity contribution in [1.82, 2.24) is 5.32 Å². The minimum absolute atomic E-state index is 0.121. The minimum Gasteiger partial charge on any atom is -0.493 e. The fourth-order valence-electron chi connectivity index (χ4n) is 2.95. The normalized spacial score (nSPS) is 11.9. The van der Waals surface area contributed by atoms with E-state index in [4.69, 9.17) is 32.7 Å². The van der Waals surface area contributed by atoms with Gasteiger partial charge in [-0.25, -0.2) is 4.39 Å². The van der Waals surface area contributed by atoms with Gasteiger partial charge in [0.05, 0.1) is 23.3 Å². The van der Waals surface area contributed by atoms with Gasteiger partial charge in [0.2, 0.25) is 0 Å². The zero-order chi connectivity index (χ0) is 21.5. The molecule has 2 N–H and O–H groups in total. The number of hydrogen-bond acceptors (Lipinski definition) is 4. The summed E-state index contributed by atoms with van der Waals surface area (Å²) in [5.74, 6) is 0.447. The quantitative estimate of drug-likeness (QED) is 0.449. The van der Waals surface area contributed by atoms with Crippen molar-refractivity contribution in [3.05, 3.63) is 93.2 Å². The summed E-state index contributed by atoms with van der Waals surface area (Å²) in [6.45, 7) is 1.01. The highest BCUT2D eigenvalue weighted by Gasteiger charge is 2.14. The topological polar surface area (TPSA) is 50.7 Å². The molecule has 3 aromatic rings. The van der Waals surface area contributed by atoms with Crippen LogP contribution in [0.15, 0.2) is 60.7 Å². The van der Waals surface area contributed by atoms with Crippen molar-refractivity contribution < 1.29 is 19.0 Å². The third-order valence-corrected chi connectivity index (χ3v) is 5.16. The van der Waals surface area contributed by atoms with Crippen LogP contribution in [0.2, 0.25) is 10.0 Å². The first-order valence-corrected chi connectivity index (χ1v) is 10.1. The van der Waals surface area contributed by atoms with Crippen LogP contribution in [0.25, 0.3) is 0 Å². The fraction of sp³-hybridized carbons (Fsp3) is 0.217. The number of rotatable bonds is 9. The van der Waals surface area contributed by atoms with E-state index in [1.54, 1.807) is 12.1 Å². The van der Waals surface area contributed by atoms with Crippen LogP contribution in [0.4, 0.5) is 4.39 Å².